The van der Waals surface area contributed by atoms with Crippen molar-refractivity contribution in [3.8, 4) is 5.69 Å². The fourth-order valence-electron chi connectivity index (χ4n) is 4.34. The zero-order chi connectivity index (χ0) is 23.3. The minimum Gasteiger partial charge on any atom is -0.337 e. The van der Waals surface area contributed by atoms with Crippen LogP contribution in [-0.2, 0) is 24.3 Å². The van der Waals surface area contributed by atoms with Crippen molar-refractivity contribution in [2.24, 2.45) is 0 Å². The highest BCUT2D eigenvalue weighted by Gasteiger charge is 2.27. The number of aryl methyl sites for hydroxylation is 1. The largest absolute Gasteiger partial charge is 0.337 e. The van der Waals surface area contributed by atoms with Crippen molar-refractivity contribution in [1.82, 2.24) is 14.0 Å². The standard InChI is InChI=1S/C25H22ClN3O3S/c1-15-7-9-17(10-8-15)13-28-24-22(18-11-12-27(16(2)30)14-21(18)33-24)23(31)29(25(28)32)20-6-4-3-5-19(20)26/h3-10H,11-14H2,1-2H3. The number of para-hydroxylation sites is 1. The van der Waals surface area contributed by atoms with Crippen LogP contribution < -0.4 is 11.2 Å². The molecular weight excluding hydrogens is 458 g/mol. The van der Waals surface area contributed by atoms with Crippen LogP contribution in [0.2, 0.25) is 5.02 Å². The van der Waals surface area contributed by atoms with Crippen LogP contribution >= 0.6 is 22.9 Å². The van der Waals surface area contributed by atoms with Gasteiger partial charge in [-0.05, 0) is 36.6 Å². The minimum absolute atomic E-state index is 0.00336. The Kier molecular flexibility index (Phi) is 5.46. The van der Waals surface area contributed by atoms with E-state index in [1.165, 1.54) is 15.9 Å². The fraction of sp³-hybridized carbons (Fsp3) is 0.240. The van der Waals surface area contributed by atoms with Crippen LogP contribution in [0.1, 0.15) is 28.5 Å². The first kappa shape index (κ1) is 21.7. The molecule has 2 aromatic heterocycles. The van der Waals surface area contributed by atoms with Gasteiger partial charge in [0, 0.05) is 18.3 Å². The topological polar surface area (TPSA) is 64.3 Å². The maximum Gasteiger partial charge on any atom is 0.337 e. The number of fused-ring (bicyclic) bond motifs is 3. The molecule has 33 heavy (non-hydrogen) atoms. The summed E-state index contributed by atoms with van der Waals surface area (Å²) < 4.78 is 2.84. The summed E-state index contributed by atoms with van der Waals surface area (Å²) in [5, 5.41) is 0.884. The summed E-state index contributed by atoms with van der Waals surface area (Å²) in [5.41, 5.74) is 2.60. The van der Waals surface area contributed by atoms with Gasteiger partial charge in [-0.25, -0.2) is 9.36 Å². The Morgan fingerprint density at radius 1 is 1.09 bits per heavy atom. The minimum atomic E-state index is -0.428. The molecule has 2 aromatic carbocycles. The molecular formula is C25H22ClN3O3S. The predicted octanol–water partition coefficient (Wildman–Crippen LogP) is 4.13. The summed E-state index contributed by atoms with van der Waals surface area (Å²) in [7, 11) is 0. The lowest BCUT2D eigenvalue weighted by atomic mass is 10.1. The highest BCUT2D eigenvalue weighted by Crippen LogP contribution is 2.33. The predicted molar refractivity (Wildman–Crippen MR) is 132 cm³/mol. The van der Waals surface area contributed by atoms with Gasteiger partial charge < -0.3 is 4.90 Å². The Balaban J connectivity index is 1.81. The molecule has 8 heteroatoms. The molecule has 1 aliphatic rings. The van der Waals surface area contributed by atoms with Gasteiger partial charge in [-0.2, -0.15) is 0 Å². The Bertz CT molecular complexity index is 1520. The molecule has 0 spiro atoms. The molecule has 3 heterocycles. The van der Waals surface area contributed by atoms with E-state index in [1.807, 2.05) is 31.2 Å². The summed E-state index contributed by atoms with van der Waals surface area (Å²) in [4.78, 5) is 42.8. The van der Waals surface area contributed by atoms with Crippen molar-refractivity contribution < 1.29 is 4.79 Å². The molecule has 0 radical (unpaired) electrons. The van der Waals surface area contributed by atoms with Gasteiger partial charge in [0.15, 0.2) is 0 Å². The molecule has 0 saturated heterocycles. The van der Waals surface area contributed by atoms with E-state index in [2.05, 4.69) is 0 Å². The average molecular weight is 480 g/mol. The van der Waals surface area contributed by atoms with Crippen LogP contribution in [0.3, 0.4) is 0 Å². The van der Waals surface area contributed by atoms with Crippen LogP contribution in [0.5, 0.6) is 0 Å². The monoisotopic (exact) mass is 479 g/mol. The number of nitrogens with zero attached hydrogens (tertiary/aromatic N) is 3. The van der Waals surface area contributed by atoms with Crippen molar-refractivity contribution in [1.29, 1.82) is 0 Å². The Morgan fingerprint density at radius 3 is 2.52 bits per heavy atom. The molecule has 0 unspecified atom stereocenters. The number of carbonyl (C=O) groups excluding carboxylic acids is 1. The molecule has 168 valence electrons. The van der Waals surface area contributed by atoms with E-state index < -0.39 is 5.69 Å². The highest BCUT2D eigenvalue weighted by molar-refractivity contribution is 7.18. The first-order chi connectivity index (χ1) is 15.8. The summed E-state index contributed by atoms with van der Waals surface area (Å²) >= 11 is 7.83. The van der Waals surface area contributed by atoms with Crippen molar-refractivity contribution in [2.45, 2.75) is 33.4 Å². The van der Waals surface area contributed by atoms with Crippen LogP contribution in [0.25, 0.3) is 15.9 Å². The lowest BCUT2D eigenvalue weighted by Crippen LogP contribution is -2.39. The molecule has 4 aromatic rings. The maximum absolute atomic E-state index is 13.7. The molecule has 1 aliphatic heterocycles. The van der Waals surface area contributed by atoms with E-state index >= 15 is 0 Å². The SMILES string of the molecule is CC(=O)N1CCc2c(sc3c2c(=O)n(-c2ccccc2Cl)c(=O)n3Cc2ccc(C)cc2)C1. The number of amides is 1. The van der Waals surface area contributed by atoms with Gasteiger partial charge in [0.1, 0.15) is 4.83 Å². The van der Waals surface area contributed by atoms with Crippen molar-refractivity contribution in [2.75, 3.05) is 6.54 Å². The number of hydrogen-bond donors (Lipinski definition) is 0. The number of benzene rings is 2. The number of hydrogen-bond acceptors (Lipinski definition) is 4. The molecule has 0 bridgehead atoms. The van der Waals surface area contributed by atoms with Gasteiger partial charge in [0.25, 0.3) is 5.56 Å². The molecule has 6 nitrogen and oxygen atoms in total. The zero-order valence-corrected chi connectivity index (χ0v) is 19.9. The Morgan fingerprint density at radius 2 is 1.82 bits per heavy atom. The normalized spacial score (nSPS) is 13.4. The molecule has 0 aliphatic carbocycles. The first-order valence-corrected chi connectivity index (χ1v) is 11.9. The molecule has 0 N–H and O–H groups in total. The lowest BCUT2D eigenvalue weighted by molar-refractivity contribution is -0.129. The summed E-state index contributed by atoms with van der Waals surface area (Å²) in [6.45, 7) is 4.90. The van der Waals surface area contributed by atoms with E-state index in [0.29, 0.717) is 47.0 Å². The van der Waals surface area contributed by atoms with Gasteiger partial charge in [-0.15, -0.1) is 11.3 Å². The Labute approximate surface area is 199 Å². The van der Waals surface area contributed by atoms with Gasteiger partial charge in [0.05, 0.1) is 29.2 Å². The van der Waals surface area contributed by atoms with Crippen LogP contribution in [-0.4, -0.2) is 26.5 Å². The van der Waals surface area contributed by atoms with Gasteiger partial charge in [0.2, 0.25) is 5.91 Å². The van der Waals surface area contributed by atoms with Crippen molar-refractivity contribution in [3.05, 3.63) is 96.0 Å². The Hall–Kier alpha value is -3.16. The van der Waals surface area contributed by atoms with Crippen LogP contribution in [0.15, 0.2) is 58.1 Å². The molecule has 0 fully saturated rings. The second-order valence-corrected chi connectivity index (χ2v) is 9.81. The second-order valence-electron chi connectivity index (χ2n) is 8.32. The van der Waals surface area contributed by atoms with E-state index in [1.54, 1.807) is 40.7 Å². The fourth-order valence-corrected chi connectivity index (χ4v) is 5.90. The average Bonchev–Trinajstić information content (AvgIpc) is 3.18. The van der Waals surface area contributed by atoms with Gasteiger partial charge >= 0.3 is 5.69 Å². The summed E-state index contributed by atoms with van der Waals surface area (Å²) in [6, 6.07) is 14.9. The summed E-state index contributed by atoms with van der Waals surface area (Å²) in [5.74, 6) is 0.00336. The molecule has 5 rings (SSSR count). The second kappa shape index (κ2) is 8.32. The molecule has 0 atom stereocenters. The number of rotatable bonds is 3. The number of carbonyl (C=O) groups is 1. The van der Waals surface area contributed by atoms with E-state index in [0.717, 1.165) is 21.6 Å². The van der Waals surface area contributed by atoms with E-state index in [-0.39, 0.29) is 11.5 Å². The molecule has 0 saturated carbocycles. The highest BCUT2D eigenvalue weighted by atomic mass is 35.5. The van der Waals surface area contributed by atoms with Gasteiger partial charge in [-0.1, -0.05) is 53.6 Å². The zero-order valence-electron chi connectivity index (χ0n) is 18.3. The van der Waals surface area contributed by atoms with Crippen LogP contribution in [0, 0.1) is 6.92 Å². The van der Waals surface area contributed by atoms with Crippen molar-refractivity contribution >= 4 is 39.1 Å². The number of halogens is 1. The first-order valence-electron chi connectivity index (χ1n) is 10.7. The van der Waals surface area contributed by atoms with Crippen molar-refractivity contribution in [3.63, 3.8) is 0 Å². The maximum atomic E-state index is 13.7. The summed E-state index contributed by atoms with van der Waals surface area (Å²) in [6.07, 6.45) is 0.579. The number of aromatic nitrogens is 2. The quantitative estimate of drug-likeness (QED) is 0.444. The third-order valence-electron chi connectivity index (χ3n) is 6.12. The smallest absolute Gasteiger partial charge is 0.337 e. The molecule has 1 amide bonds. The van der Waals surface area contributed by atoms with Crippen LogP contribution in [0.4, 0.5) is 0 Å². The third-order valence-corrected chi connectivity index (χ3v) is 7.68. The lowest BCUT2D eigenvalue weighted by Gasteiger charge is -2.25. The van der Waals surface area contributed by atoms with E-state index in [9.17, 15) is 14.4 Å². The van der Waals surface area contributed by atoms with Gasteiger partial charge in [-0.3, -0.25) is 14.2 Å². The van der Waals surface area contributed by atoms with E-state index in [4.69, 9.17) is 11.6 Å². The third kappa shape index (κ3) is 3.71. The number of thiophene rings is 1.